The van der Waals surface area contributed by atoms with Crippen molar-refractivity contribution in [1.82, 2.24) is 0 Å². The van der Waals surface area contributed by atoms with Crippen molar-refractivity contribution in [2.45, 2.75) is 24.9 Å². The highest BCUT2D eigenvalue weighted by molar-refractivity contribution is 5.41. The van der Waals surface area contributed by atoms with E-state index >= 15 is 0 Å². The third-order valence-electron chi connectivity index (χ3n) is 4.02. The van der Waals surface area contributed by atoms with E-state index in [4.69, 9.17) is 4.74 Å². The van der Waals surface area contributed by atoms with Gasteiger partial charge in [-0.05, 0) is 30.0 Å². The summed E-state index contributed by atoms with van der Waals surface area (Å²) in [6.45, 7) is 0. The Morgan fingerprint density at radius 2 is 1.68 bits per heavy atom. The molecule has 0 fully saturated rings. The van der Waals surface area contributed by atoms with Crippen LogP contribution < -0.4 is 4.74 Å². The fraction of sp³-hybridized carbons (Fsp3) is 0.294. The van der Waals surface area contributed by atoms with Crippen LogP contribution in [0.2, 0.25) is 0 Å². The van der Waals surface area contributed by atoms with Gasteiger partial charge in [-0.3, -0.25) is 0 Å². The molecule has 0 aromatic heterocycles. The van der Waals surface area contributed by atoms with Gasteiger partial charge in [0.25, 0.3) is 0 Å². The predicted octanol–water partition coefficient (Wildman–Crippen LogP) is 3.46. The monoisotopic (exact) mass is 254 g/mol. The number of ether oxygens (including phenoxy) is 1. The fourth-order valence-electron chi connectivity index (χ4n) is 3.03. The number of aliphatic hydroxyl groups excluding tert-OH is 1. The quantitative estimate of drug-likeness (QED) is 0.889. The molecule has 0 amide bonds. The summed E-state index contributed by atoms with van der Waals surface area (Å²) < 4.78 is 5.42. The van der Waals surface area contributed by atoms with Crippen LogP contribution in [0.5, 0.6) is 5.75 Å². The number of para-hydroxylation sites is 1. The molecule has 1 N–H and O–H groups in total. The molecular weight excluding hydrogens is 236 g/mol. The van der Waals surface area contributed by atoms with E-state index in [1.807, 2.05) is 36.4 Å². The molecule has 2 aromatic rings. The van der Waals surface area contributed by atoms with E-state index in [9.17, 15) is 5.11 Å². The molecule has 2 nitrogen and oxygen atoms in total. The number of fused-ring (bicyclic) bond motifs is 1. The second kappa shape index (κ2) is 5.06. The largest absolute Gasteiger partial charge is 0.496 e. The molecule has 2 heteroatoms. The van der Waals surface area contributed by atoms with Crippen LogP contribution in [0.15, 0.2) is 48.5 Å². The number of hydrogen-bond acceptors (Lipinski definition) is 2. The maximum atomic E-state index is 10.6. The first kappa shape index (κ1) is 12.2. The van der Waals surface area contributed by atoms with Gasteiger partial charge in [0.15, 0.2) is 0 Å². The zero-order chi connectivity index (χ0) is 13.2. The summed E-state index contributed by atoms with van der Waals surface area (Å²) >= 11 is 0. The van der Waals surface area contributed by atoms with E-state index < -0.39 is 6.10 Å². The van der Waals surface area contributed by atoms with Crippen molar-refractivity contribution in [3.63, 3.8) is 0 Å². The number of hydrogen-bond donors (Lipinski definition) is 1. The normalized spacial score (nSPS) is 21.8. The molecular formula is C17H18O2. The van der Waals surface area contributed by atoms with Gasteiger partial charge in [0.2, 0.25) is 0 Å². The molecule has 3 rings (SSSR count). The minimum atomic E-state index is -0.443. The smallest absolute Gasteiger partial charge is 0.122 e. The molecule has 19 heavy (non-hydrogen) atoms. The van der Waals surface area contributed by atoms with Crippen LogP contribution in [0, 0.1) is 0 Å². The lowest BCUT2D eigenvalue weighted by Crippen LogP contribution is -2.19. The molecule has 2 atom stereocenters. The van der Waals surface area contributed by atoms with Crippen LogP contribution in [0.3, 0.4) is 0 Å². The summed E-state index contributed by atoms with van der Waals surface area (Å²) in [6.07, 6.45) is 1.52. The maximum absolute atomic E-state index is 10.6. The van der Waals surface area contributed by atoms with E-state index in [0.717, 1.165) is 29.7 Å². The van der Waals surface area contributed by atoms with E-state index in [0.29, 0.717) is 0 Å². The molecule has 0 aliphatic heterocycles. The first-order valence-corrected chi connectivity index (χ1v) is 6.70. The van der Waals surface area contributed by atoms with E-state index in [2.05, 4.69) is 12.1 Å². The summed E-state index contributed by atoms with van der Waals surface area (Å²) in [7, 11) is 1.68. The first-order valence-electron chi connectivity index (χ1n) is 6.70. The van der Waals surface area contributed by atoms with E-state index in [-0.39, 0.29) is 5.92 Å². The molecule has 0 spiro atoms. The number of aliphatic hydroxyl groups is 1. The number of rotatable bonds is 2. The Labute approximate surface area is 113 Å². The fourth-order valence-corrected chi connectivity index (χ4v) is 3.03. The Kier molecular flexibility index (Phi) is 3.26. The lowest BCUT2D eigenvalue weighted by Gasteiger charge is -2.31. The topological polar surface area (TPSA) is 29.5 Å². The molecule has 98 valence electrons. The van der Waals surface area contributed by atoms with Crippen molar-refractivity contribution in [2.24, 2.45) is 0 Å². The highest BCUT2D eigenvalue weighted by Crippen LogP contribution is 2.43. The Hall–Kier alpha value is -1.80. The number of aryl methyl sites for hydroxylation is 1. The number of methoxy groups -OCH3 is 1. The molecule has 1 aliphatic rings. The summed E-state index contributed by atoms with van der Waals surface area (Å²) in [6, 6.07) is 16.2. The molecule has 0 saturated heterocycles. The Morgan fingerprint density at radius 1 is 1.00 bits per heavy atom. The average Bonchev–Trinajstić information content (AvgIpc) is 2.48. The average molecular weight is 254 g/mol. The van der Waals surface area contributed by atoms with Crippen LogP contribution in [0.4, 0.5) is 0 Å². The van der Waals surface area contributed by atoms with Gasteiger partial charge in [-0.1, -0.05) is 42.5 Å². The molecule has 0 saturated carbocycles. The van der Waals surface area contributed by atoms with Crippen LogP contribution in [0.1, 0.15) is 35.1 Å². The summed E-state index contributed by atoms with van der Waals surface area (Å²) in [4.78, 5) is 0. The second-order valence-corrected chi connectivity index (χ2v) is 5.03. The van der Waals surface area contributed by atoms with E-state index in [1.54, 1.807) is 7.11 Å². The van der Waals surface area contributed by atoms with Crippen molar-refractivity contribution in [3.05, 3.63) is 65.2 Å². The molecule has 0 heterocycles. The molecule has 0 unspecified atom stereocenters. The first-order chi connectivity index (χ1) is 9.31. The van der Waals surface area contributed by atoms with Gasteiger partial charge in [-0.15, -0.1) is 0 Å². The van der Waals surface area contributed by atoms with Crippen molar-refractivity contribution >= 4 is 0 Å². The highest BCUT2D eigenvalue weighted by atomic mass is 16.5. The Bertz CT molecular complexity index is 577. The standard InChI is InChI=1S/C17H18O2/c1-19-16-9-5-4-8-14(16)15-11-10-12-6-2-3-7-13(12)17(15)18/h2-9,15,17-18H,10-11H2,1H3/t15-,17-/m0/s1. The van der Waals surface area contributed by atoms with Crippen molar-refractivity contribution < 1.29 is 9.84 Å². The lowest BCUT2D eigenvalue weighted by atomic mass is 9.78. The lowest BCUT2D eigenvalue weighted by molar-refractivity contribution is 0.130. The second-order valence-electron chi connectivity index (χ2n) is 5.03. The minimum absolute atomic E-state index is 0.117. The summed E-state index contributed by atoms with van der Waals surface area (Å²) in [5.41, 5.74) is 3.43. The maximum Gasteiger partial charge on any atom is 0.122 e. The van der Waals surface area contributed by atoms with Gasteiger partial charge in [0.05, 0.1) is 13.2 Å². The van der Waals surface area contributed by atoms with Crippen molar-refractivity contribution in [1.29, 1.82) is 0 Å². The molecule has 2 aromatic carbocycles. The molecule has 0 bridgehead atoms. The van der Waals surface area contributed by atoms with Crippen molar-refractivity contribution in [3.8, 4) is 5.75 Å². The highest BCUT2D eigenvalue weighted by Gasteiger charge is 2.30. The molecule has 0 radical (unpaired) electrons. The van der Waals surface area contributed by atoms with Gasteiger partial charge in [-0.2, -0.15) is 0 Å². The van der Waals surface area contributed by atoms with Gasteiger partial charge in [0.1, 0.15) is 5.75 Å². The van der Waals surface area contributed by atoms with Crippen LogP contribution >= 0.6 is 0 Å². The summed E-state index contributed by atoms with van der Waals surface area (Å²) in [5.74, 6) is 0.983. The van der Waals surface area contributed by atoms with Crippen molar-refractivity contribution in [2.75, 3.05) is 7.11 Å². The van der Waals surface area contributed by atoms with Gasteiger partial charge in [-0.25, -0.2) is 0 Å². The van der Waals surface area contributed by atoms with E-state index in [1.165, 1.54) is 5.56 Å². The van der Waals surface area contributed by atoms with Crippen LogP contribution in [-0.2, 0) is 6.42 Å². The third kappa shape index (κ3) is 2.13. The van der Waals surface area contributed by atoms with Gasteiger partial charge < -0.3 is 9.84 Å². The van der Waals surface area contributed by atoms with Gasteiger partial charge in [0, 0.05) is 11.5 Å². The zero-order valence-corrected chi connectivity index (χ0v) is 11.0. The Balaban J connectivity index is 2.00. The number of benzene rings is 2. The zero-order valence-electron chi connectivity index (χ0n) is 11.0. The Morgan fingerprint density at radius 3 is 2.47 bits per heavy atom. The molecule has 1 aliphatic carbocycles. The van der Waals surface area contributed by atoms with Gasteiger partial charge >= 0.3 is 0 Å². The third-order valence-corrected chi connectivity index (χ3v) is 4.02. The van der Waals surface area contributed by atoms with Crippen LogP contribution in [0.25, 0.3) is 0 Å². The SMILES string of the molecule is COc1ccccc1[C@@H]1CCc2ccccc2[C@@H]1O. The minimum Gasteiger partial charge on any atom is -0.496 e. The predicted molar refractivity (Wildman–Crippen MR) is 75.5 cm³/mol. The van der Waals surface area contributed by atoms with Crippen LogP contribution in [-0.4, -0.2) is 12.2 Å². The summed E-state index contributed by atoms with van der Waals surface area (Å²) in [5, 5.41) is 10.6.